The van der Waals surface area contributed by atoms with Crippen LogP contribution in [0.4, 0.5) is 8.78 Å². The zero-order valence-electron chi connectivity index (χ0n) is 12.5. The van der Waals surface area contributed by atoms with Gasteiger partial charge in [-0.05, 0) is 43.7 Å². The van der Waals surface area contributed by atoms with E-state index in [0.717, 1.165) is 6.42 Å². The number of hydrogen-bond donors (Lipinski definition) is 0. The monoisotopic (exact) mass is 307 g/mol. The van der Waals surface area contributed by atoms with E-state index in [1.165, 1.54) is 18.2 Å². The van der Waals surface area contributed by atoms with Crippen molar-refractivity contribution in [3.8, 4) is 6.07 Å². The Kier molecular flexibility index (Phi) is 4.16. The maximum atomic E-state index is 13.7. The molecule has 1 aromatic rings. The summed E-state index contributed by atoms with van der Waals surface area (Å²) in [7, 11) is 0. The largest absolute Gasteiger partial charge is 0.372 e. The number of nitrogens with zero attached hydrogens (tertiary/aromatic N) is 1. The summed E-state index contributed by atoms with van der Waals surface area (Å²) in [6, 6.07) is 6.01. The molecule has 1 aliphatic carbocycles. The van der Waals surface area contributed by atoms with Gasteiger partial charge in [-0.3, -0.25) is 0 Å². The highest BCUT2D eigenvalue weighted by Gasteiger charge is 2.51. The van der Waals surface area contributed by atoms with Crippen molar-refractivity contribution in [2.45, 2.75) is 44.5 Å². The minimum atomic E-state index is -0.597. The van der Waals surface area contributed by atoms with Crippen LogP contribution in [0.15, 0.2) is 18.2 Å². The highest BCUT2D eigenvalue weighted by Crippen LogP contribution is 2.47. The van der Waals surface area contributed by atoms with E-state index in [1.54, 1.807) is 0 Å². The van der Waals surface area contributed by atoms with Crippen LogP contribution in [0.3, 0.4) is 0 Å². The van der Waals surface area contributed by atoms with Gasteiger partial charge in [-0.2, -0.15) is 5.26 Å². The van der Waals surface area contributed by atoms with E-state index in [2.05, 4.69) is 6.07 Å². The Labute approximate surface area is 128 Å². The van der Waals surface area contributed by atoms with E-state index < -0.39 is 17.2 Å². The van der Waals surface area contributed by atoms with Gasteiger partial charge in [-0.15, -0.1) is 0 Å². The van der Waals surface area contributed by atoms with Gasteiger partial charge in [0.05, 0.1) is 31.0 Å². The second-order valence-electron chi connectivity index (χ2n) is 6.45. The zero-order valence-corrected chi connectivity index (χ0v) is 12.5. The molecule has 3 rings (SSSR count). The van der Waals surface area contributed by atoms with Gasteiger partial charge in [0, 0.05) is 12.0 Å². The first-order valence-corrected chi connectivity index (χ1v) is 7.59. The van der Waals surface area contributed by atoms with E-state index >= 15 is 0 Å². The van der Waals surface area contributed by atoms with Crippen LogP contribution in [-0.4, -0.2) is 18.3 Å². The summed E-state index contributed by atoms with van der Waals surface area (Å²) < 4.78 is 39.1. The third kappa shape index (κ3) is 2.73. The predicted octanol–water partition coefficient (Wildman–Crippen LogP) is 3.58. The quantitative estimate of drug-likeness (QED) is 0.854. The molecule has 1 aliphatic heterocycles. The van der Waals surface area contributed by atoms with Crippen LogP contribution in [-0.2, 0) is 16.1 Å². The van der Waals surface area contributed by atoms with Gasteiger partial charge in [-0.1, -0.05) is 6.07 Å². The van der Waals surface area contributed by atoms with E-state index in [-0.39, 0.29) is 24.2 Å². The van der Waals surface area contributed by atoms with Crippen LogP contribution in [0.5, 0.6) is 0 Å². The van der Waals surface area contributed by atoms with Gasteiger partial charge >= 0.3 is 0 Å². The summed E-state index contributed by atoms with van der Waals surface area (Å²) in [6.45, 7) is 2.50. The van der Waals surface area contributed by atoms with Crippen LogP contribution in [0.1, 0.15) is 31.7 Å². The van der Waals surface area contributed by atoms with Crippen molar-refractivity contribution in [3.63, 3.8) is 0 Å². The fourth-order valence-corrected chi connectivity index (χ4v) is 3.65. The molecule has 0 radical (unpaired) electrons. The lowest BCUT2D eigenvalue weighted by atomic mass is 9.72. The Bertz CT molecular complexity index is 581. The number of rotatable bonds is 4. The minimum Gasteiger partial charge on any atom is -0.372 e. The molecule has 2 fully saturated rings. The standard InChI is InChI=1S/C17H19F2NO2/c1-17-8-12(9-22-17)11(5-6-20)7-16(17)21-10-13-14(18)3-2-4-15(13)19/h2-4,11-12,16H,5,7-10H2,1H3/t11-,12-,16+,17-/m1/s1. The third-order valence-corrected chi connectivity index (χ3v) is 5.00. The minimum absolute atomic E-state index is 0.0527. The predicted molar refractivity (Wildman–Crippen MR) is 75.7 cm³/mol. The zero-order chi connectivity index (χ0) is 15.7. The highest BCUT2D eigenvalue weighted by molar-refractivity contribution is 5.19. The lowest BCUT2D eigenvalue weighted by molar-refractivity contribution is -0.124. The fourth-order valence-electron chi connectivity index (χ4n) is 3.65. The van der Waals surface area contributed by atoms with Crippen molar-refractivity contribution in [2.75, 3.05) is 6.61 Å². The van der Waals surface area contributed by atoms with E-state index in [9.17, 15) is 8.78 Å². The molecule has 2 aliphatic rings. The van der Waals surface area contributed by atoms with Crippen LogP contribution < -0.4 is 0 Å². The fraction of sp³-hybridized carbons (Fsp3) is 0.588. The summed E-state index contributed by atoms with van der Waals surface area (Å²) in [5.74, 6) is -0.578. The molecule has 1 saturated carbocycles. The molecule has 0 unspecified atom stereocenters. The smallest absolute Gasteiger partial charge is 0.131 e. The summed E-state index contributed by atoms with van der Waals surface area (Å²) >= 11 is 0. The van der Waals surface area contributed by atoms with Crippen molar-refractivity contribution in [1.29, 1.82) is 5.26 Å². The summed E-state index contributed by atoms with van der Waals surface area (Å²) in [5, 5.41) is 8.95. The van der Waals surface area contributed by atoms with E-state index in [0.29, 0.717) is 25.4 Å². The summed E-state index contributed by atoms with van der Waals surface area (Å²) in [6.07, 6.45) is 1.76. The van der Waals surface area contributed by atoms with Crippen LogP contribution >= 0.6 is 0 Å². The Morgan fingerprint density at radius 1 is 1.41 bits per heavy atom. The van der Waals surface area contributed by atoms with Crippen LogP contribution in [0, 0.1) is 34.8 Å². The maximum absolute atomic E-state index is 13.7. The third-order valence-electron chi connectivity index (χ3n) is 5.00. The first-order valence-electron chi connectivity index (χ1n) is 7.59. The lowest BCUT2D eigenvalue weighted by Gasteiger charge is -2.39. The average Bonchev–Trinajstić information content (AvgIpc) is 2.82. The first-order chi connectivity index (χ1) is 10.5. The van der Waals surface area contributed by atoms with Crippen molar-refractivity contribution < 1.29 is 18.3 Å². The molecule has 5 heteroatoms. The highest BCUT2D eigenvalue weighted by atomic mass is 19.1. The molecule has 1 aromatic carbocycles. The molecule has 1 saturated heterocycles. The van der Waals surface area contributed by atoms with Crippen LogP contribution in [0.25, 0.3) is 0 Å². The molecule has 22 heavy (non-hydrogen) atoms. The number of fused-ring (bicyclic) bond motifs is 2. The SMILES string of the molecule is C[C@]12C[C@H](CO1)[C@H](CC#N)C[C@@H]2OCc1c(F)cccc1F. The first kappa shape index (κ1) is 15.4. The molecule has 1 heterocycles. The summed E-state index contributed by atoms with van der Waals surface area (Å²) in [4.78, 5) is 0. The van der Waals surface area contributed by atoms with Gasteiger partial charge in [0.1, 0.15) is 11.6 Å². The number of hydrogen-bond acceptors (Lipinski definition) is 3. The molecule has 4 atom stereocenters. The molecule has 118 valence electrons. The molecule has 0 amide bonds. The number of nitriles is 1. The van der Waals surface area contributed by atoms with E-state index in [1.807, 2.05) is 6.92 Å². The van der Waals surface area contributed by atoms with Gasteiger partial charge in [0.2, 0.25) is 0 Å². The van der Waals surface area contributed by atoms with Gasteiger partial charge in [-0.25, -0.2) is 8.78 Å². The van der Waals surface area contributed by atoms with Crippen molar-refractivity contribution in [1.82, 2.24) is 0 Å². The Hall–Kier alpha value is -1.51. The second kappa shape index (κ2) is 5.94. The maximum Gasteiger partial charge on any atom is 0.131 e. The topological polar surface area (TPSA) is 42.2 Å². The molecular formula is C17H19F2NO2. The van der Waals surface area contributed by atoms with Crippen molar-refractivity contribution in [2.24, 2.45) is 11.8 Å². The number of benzene rings is 1. The lowest BCUT2D eigenvalue weighted by Crippen LogP contribution is -2.45. The second-order valence-corrected chi connectivity index (χ2v) is 6.45. The van der Waals surface area contributed by atoms with Gasteiger partial charge in [0.15, 0.2) is 0 Å². The average molecular weight is 307 g/mol. The van der Waals surface area contributed by atoms with Crippen molar-refractivity contribution in [3.05, 3.63) is 35.4 Å². The number of halogens is 2. The molecule has 0 spiro atoms. The Morgan fingerprint density at radius 2 is 2.14 bits per heavy atom. The molecular weight excluding hydrogens is 288 g/mol. The molecule has 0 N–H and O–H groups in total. The van der Waals surface area contributed by atoms with E-state index in [4.69, 9.17) is 14.7 Å². The Morgan fingerprint density at radius 3 is 2.82 bits per heavy atom. The molecule has 3 nitrogen and oxygen atoms in total. The van der Waals surface area contributed by atoms with Crippen molar-refractivity contribution >= 4 is 0 Å². The van der Waals surface area contributed by atoms with Gasteiger partial charge in [0.25, 0.3) is 0 Å². The van der Waals surface area contributed by atoms with Crippen LogP contribution in [0.2, 0.25) is 0 Å². The normalized spacial score (nSPS) is 33.6. The Balaban J connectivity index is 1.72. The number of ether oxygens (including phenoxy) is 2. The summed E-state index contributed by atoms with van der Waals surface area (Å²) in [5.41, 5.74) is -0.471. The molecule has 2 bridgehead atoms. The molecule has 0 aromatic heterocycles. The van der Waals surface area contributed by atoms with Gasteiger partial charge < -0.3 is 9.47 Å².